The van der Waals surface area contributed by atoms with Gasteiger partial charge in [0.25, 0.3) is 11.8 Å². The van der Waals surface area contributed by atoms with Crippen LogP contribution in [0, 0.1) is 13.8 Å². The molecular weight excluding hydrogens is 390 g/mol. The first-order valence-electron chi connectivity index (χ1n) is 9.67. The van der Waals surface area contributed by atoms with E-state index in [2.05, 4.69) is 15.2 Å². The summed E-state index contributed by atoms with van der Waals surface area (Å²) in [6.45, 7) is 3.26. The number of carbonyl (C=O) groups is 1. The van der Waals surface area contributed by atoms with E-state index in [0.29, 0.717) is 11.4 Å². The third-order valence-corrected chi connectivity index (χ3v) is 5.21. The van der Waals surface area contributed by atoms with E-state index >= 15 is 0 Å². The molecule has 1 aliphatic rings. The fourth-order valence-electron chi connectivity index (χ4n) is 3.65. The van der Waals surface area contributed by atoms with Crippen molar-refractivity contribution < 1.29 is 18.3 Å². The molecule has 2 aromatic heterocycles. The Hall–Kier alpha value is -3.29. The van der Waals surface area contributed by atoms with Gasteiger partial charge in [-0.05, 0) is 43.7 Å². The number of nitrogens with zero attached hydrogens (tertiary/aromatic N) is 3. The zero-order valence-corrected chi connectivity index (χ0v) is 16.7. The topological polar surface area (TPSA) is 71.1 Å². The van der Waals surface area contributed by atoms with Crippen molar-refractivity contribution in [1.29, 1.82) is 0 Å². The van der Waals surface area contributed by atoms with Gasteiger partial charge >= 0.3 is 0 Å². The minimum absolute atomic E-state index is 0.0245. The first-order chi connectivity index (χ1) is 14.3. The molecular formula is C22H22F2N4O2. The number of hydrogen-bond donors (Lipinski definition) is 1. The van der Waals surface area contributed by atoms with Gasteiger partial charge in [0.1, 0.15) is 18.1 Å². The summed E-state index contributed by atoms with van der Waals surface area (Å²) in [5, 5.41) is 6.95. The maximum absolute atomic E-state index is 14.1. The summed E-state index contributed by atoms with van der Waals surface area (Å²) in [6, 6.07) is 10.1. The molecule has 6 nitrogen and oxygen atoms in total. The molecule has 8 heteroatoms. The van der Waals surface area contributed by atoms with Gasteiger partial charge in [-0.15, -0.1) is 0 Å². The van der Waals surface area contributed by atoms with Crippen LogP contribution in [-0.4, -0.2) is 51.1 Å². The number of nitrogens with one attached hydrogen (secondary N) is 1. The van der Waals surface area contributed by atoms with Crippen molar-refractivity contribution in [2.45, 2.75) is 32.2 Å². The van der Waals surface area contributed by atoms with Crippen LogP contribution in [0.5, 0.6) is 5.75 Å². The molecule has 0 radical (unpaired) electrons. The maximum atomic E-state index is 14.1. The van der Waals surface area contributed by atoms with Crippen LogP contribution in [0.3, 0.4) is 0 Å². The van der Waals surface area contributed by atoms with E-state index in [1.54, 1.807) is 30.6 Å². The third-order valence-electron chi connectivity index (χ3n) is 5.21. The molecule has 0 unspecified atom stereocenters. The Morgan fingerprint density at radius 2 is 2.00 bits per heavy atom. The zero-order valence-electron chi connectivity index (χ0n) is 16.7. The van der Waals surface area contributed by atoms with Crippen LogP contribution >= 0.6 is 0 Å². The predicted octanol–water partition coefficient (Wildman–Crippen LogP) is 4.02. The summed E-state index contributed by atoms with van der Waals surface area (Å²) in [4.78, 5) is 18.1. The second-order valence-electron chi connectivity index (χ2n) is 7.63. The van der Waals surface area contributed by atoms with Gasteiger partial charge in [0.2, 0.25) is 0 Å². The van der Waals surface area contributed by atoms with Crippen molar-refractivity contribution in [3.63, 3.8) is 0 Å². The van der Waals surface area contributed by atoms with E-state index in [1.807, 2.05) is 32.0 Å². The van der Waals surface area contributed by atoms with Crippen LogP contribution in [0.25, 0.3) is 11.3 Å². The summed E-state index contributed by atoms with van der Waals surface area (Å²) in [5.41, 5.74) is 3.77. The summed E-state index contributed by atoms with van der Waals surface area (Å²) in [7, 11) is 0. The predicted molar refractivity (Wildman–Crippen MR) is 108 cm³/mol. The number of pyridine rings is 1. The minimum atomic E-state index is -2.96. The van der Waals surface area contributed by atoms with Gasteiger partial charge in [0.15, 0.2) is 0 Å². The number of alkyl halides is 2. The highest BCUT2D eigenvalue weighted by Crippen LogP contribution is 2.34. The van der Waals surface area contributed by atoms with E-state index in [0.717, 1.165) is 16.7 Å². The smallest absolute Gasteiger partial charge is 0.272 e. The Labute approximate surface area is 172 Å². The number of amides is 1. The fourth-order valence-corrected chi connectivity index (χ4v) is 3.65. The van der Waals surface area contributed by atoms with Crippen molar-refractivity contribution in [3.8, 4) is 17.0 Å². The molecule has 1 amide bonds. The first-order valence-corrected chi connectivity index (χ1v) is 9.67. The van der Waals surface area contributed by atoms with Crippen LogP contribution in [-0.2, 0) is 0 Å². The Bertz CT molecular complexity index is 1050. The lowest BCUT2D eigenvalue weighted by atomic mass is 10.0. The van der Waals surface area contributed by atoms with E-state index in [9.17, 15) is 13.6 Å². The average Bonchev–Trinajstić information content (AvgIpc) is 3.33. The lowest BCUT2D eigenvalue weighted by molar-refractivity contribution is 0.0115. The molecule has 156 valence electrons. The summed E-state index contributed by atoms with van der Waals surface area (Å²) in [5.74, 6) is -2.95. The number of halogens is 2. The molecule has 1 aromatic carbocycles. The van der Waals surface area contributed by atoms with Crippen LogP contribution in [0.4, 0.5) is 8.78 Å². The maximum Gasteiger partial charge on any atom is 0.272 e. The van der Waals surface area contributed by atoms with Crippen LogP contribution in [0.1, 0.15) is 28.0 Å². The van der Waals surface area contributed by atoms with Crippen molar-refractivity contribution in [3.05, 3.63) is 65.6 Å². The molecule has 1 aliphatic heterocycles. The van der Waals surface area contributed by atoms with Crippen molar-refractivity contribution in [2.75, 3.05) is 13.2 Å². The van der Waals surface area contributed by atoms with Gasteiger partial charge in [-0.3, -0.25) is 14.9 Å². The zero-order chi connectivity index (χ0) is 21.3. The molecule has 3 heterocycles. The SMILES string of the molecule is Cc1ccc(C)c(-c2cc(C(=O)N3CC(F)(F)C[C@H]3COc3ccncc3)[nH]n2)c1. The number of aromatic nitrogens is 3. The molecule has 1 fully saturated rings. The van der Waals surface area contributed by atoms with Gasteiger partial charge in [0, 0.05) is 24.4 Å². The molecule has 0 saturated carbocycles. The molecule has 0 bridgehead atoms. The van der Waals surface area contributed by atoms with E-state index in [-0.39, 0.29) is 12.3 Å². The molecule has 4 rings (SSSR count). The van der Waals surface area contributed by atoms with Gasteiger partial charge in [-0.1, -0.05) is 17.7 Å². The van der Waals surface area contributed by atoms with Crippen molar-refractivity contribution in [1.82, 2.24) is 20.1 Å². The quantitative estimate of drug-likeness (QED) is 0.687. The highest BCUT2D eigenvalue weighted by atomic mass is 19.3. The van der Waals surface area contributed by atoms with E-state index < -0.39 is 30.8 Å². The molecule has 0 spiro atoms. The normalized spacial score (nSPS) is 17.9. The molecule has 1 atom stereocenters. The average molecular weight is 412 g/mol. The third kappa shape index (κ3) is 4.17. The van der Waals surface area contributed by atoms with E-state index in [1.165, 1.54) is 4.90 Å². The molecule has 30 heavy (non-hydrogen) atoms. The molecule has 0 aliphatic carbocycles. The largest absolute Gasteiger partial charge is 0.491 e. The summed E-state index contributed by atoms with van der Waals surface area (Å²) in [6.07, 6.45) is 2.67. The number of benzene rings is 1. The second kappa shape index (κ2) is 7.85. The first kappa shape index (κ1) is 20.0. The van der Waals surface area contributed by atoms with E-state index in [4.69, 9.17) is 4.74 Å². The highest BCUT2D eigenvalue weighted by molar-refractivity contribution is 5.94. The van der Waals surface area contributed by atoms with Gasteiger partial charge in [-0.25, -0.2) is 8.78 Å². The monoisotopic (exact) mass is 412 g/mol. The number of carbonyl (C=O) groups excluding carboxylic acids is 1. The minimum Gasteiger partial charge on any atom is -0.491 e. The fraction of sp³-hybridized carbons (Fsp3) is 0.318. The lowest BCUT2D eigenvalue weighted by Gasteiger charge is -2.23. The van der Waals surface area contributed by atoms with Crippen LogP contribution in [0.15, 0.2) is 48.8 Å². The highest BCUT2D eigenvalue weighted by Gasteiger charge is 2.47. The standard InChI is InChI=1S/C22H22F2N4O2/c1-14-3-4-15(2)18(9-14)19-10-20(27-26-19)21(29)28-13-22(23,24)11-16(28)12-30-17-5-7-25-8-6-17/h3-10,16H,11-13H2,1-2H3,(H,26,27)/t16-/m0/s1. The second-order valence-corrected chi connectivity index (χ2v) is 7.63. The van der Waals surface area contributed by atoms with Gasteiger partial charge in [-0.2, -0.15) is 5.10 Å². The number of ether oxygens (including phenoxy) is 1. The van der Waals surface area contributed by atoms with Gasteiger partial charge in [0.05, 0.1) is 18.3 Å². The number of aromatic amines is 1. The Kier molecular flexibility index (Phi) is 5.24. The Balaban J connectivity index is 1.53. The summed E-state index contributed by atoms with van der Waals surface area (Å²) >= 11 is 0. The van der Waals surface area contributed by atoms with Crippen LogP contribution < -0.4 is 4.74 Å². The Morgan fingerprint density at radius 1 is 1.23 bits per heavy atom. The van der Waals surface area contributed by atoms with Crippen molar-refractivity contribution in [2.24, 2.45) is 0 Å². The number of rotatable bonds is 5. The van der Waals surface area contributed by atoms with Gasteiger partial charge < -0.3 is 9.64 Å². The number of hydrogen-bond acceptors (Lipinski definition) is 4. The number of aryl methyl sites for hydroxylation is 2. The van der Waals surface area contributed by atoms with Crippen molar-refractivity contribution >= 4 is 5.91 Å². The van der Waals surface area contributed by atoms with Crippen LogP contribution in [0.2, 0.25) is 0 Å². The molecule has 1 N–H and O–H groups in total. The molecule has 3 aromatic rings. The Morgan fingerprint density at radius 3 is 2.77 bits per heavy atom. The number of H-pyrrole nitrogens is 1. The number of likely N-dealkylation sites (tertiary alicyclic amines) is 1. The lowest BCUT2D eigenvalue weighted by Crippen LogP contribution is -2.39. The molecule has 1 saturated heterocycles. The summed E-state index contributed by atoms with van der Waals surface area (Å²) < 4.78 is 33.9.